The number of rotatable bonds is 8. The first-order valence-corrected chi connectivity index (χ1v) is 6.63. The van der Waals surface area contributed by atoms with Gasteiger partial charge in [0.2, 0.25) is 5.83 Å². The first-order valence-electron chi connectivity index (χ1n) is 6.63. The molecule has 0 radical (unpaired) electrons. The van der Waals surface area contributed by atoms with Crippen LogP contribution in [0, 0.1) is 0 Å². The zero-order chi connectivity index (χ0) is 26.6. The second-order valence-corrected chi connectivity index (χ2v) is 5.45. The summed E-state index contributed by atoms with van der Waals surface area (Å²) >= 11 is 0. The van der Waals surface area contributed by atoms with Crippen LogP contribution in [0.3, 0.4) is 0 Å². The van der Waals surface area contributed by atoms with Crippen molar-refractivity contribution in [3.05, 3.63) is 11.8 Å². The average Bonchev–Trinajstić information content (AvgIpc) is 2.56. The Morgan fingerprint density at radius 1 is 0.469 bits per heavy atom. The molecule has 21 heteroatoms. The topological polar surface area (TPSA) is 9.23 Å². The monoisotopic (exact) mass is 530 g/mol. The summed E-state index contributed by atoms with van der Waals surface area (Å²) in [6.45, 7) is -3.94. The third-order valence-electron chi connectivity index (χ3n) is 3.18. The van der Waals surface area contributed by atoms with Gasteiger partial charge in [-0.05, 0) is 0 Å². The van der Waals surface area contributed by atoms with Crippen LogP contribution < -0.4 is 0 Å². The first-order chi connectivity index (χ1) is 13.5. The summed E-state index contributed by atoms with van der Waals surface area (Å²) in [5.74, 6) is -50.4. The number of hydrogen-bond acceptors (Lipinski definition) is 1. The Labute approximate surface area is 160 Å². The van der Waals surface area contributed by atoms with Gasteiger partial charge >= 0.3 is 53.9 Å². The van der Waals surface area contributed by atoms with E-state index < -0.39 is 66.3 Å². The van der Waals surface area contributed by atoms with E-state index in [-0.39, 0.29) is 0 Å². The fourth-order valence-corrected chi connectivity index (χ4v) is 1.35. The van der Waals surface area contributed by atoms with E-state index in [9.17, 15) is 87.8 Å². The smallest absolute Gasteiger partial charge is 0.460 e. The molecule has 0 bridgehead atoms. The van der Waals surface area contributed by atoms with Gasteiger partial charge in [-0.3, -0.25) is 0 Å². The van der Waals surface area contributed by atoms with E-state index in [0.717, 1.165) is 0 Å². The highest BCUT2D eigenvalue weighted by molar-refractivity contribution is 5.16. The van der Waals surface area contributed by atoms with E-state index in [4.69, 9.17) is 0 Å². The van der Waals surface area contributed by atoms with Crippen molar-refractivity contribution in [2.45, 2.75) is 47.9 Å². The average molecular weight is 530 g/mol. The van der Waals surface area contributed by atoms with Crippen molar-refractivity contribution in [3.63, 3.8) is 0 Å². The molecule has 192 valence electrons. The highest BCUT2D eigenvalue weighted by Crippen LogP contribution is 2.56. The van der Waals surface area contributed by atoms with E-state index in [1.807, 2.05) is 0 Å². The van der Waals surface area contributed by atoms with Gasteiger partial charge in [0.1, 0.15) is 0 Å². The maximum atomic E-state index is 13.0. The number of alkyl halides is 18. The third kappa shape index (κ3) is 4.46. The fraction of sp³-hybridized carbons (Fsp3) is 0.818. The molecule has 0 N–H and O–H groups in total. The Morgan fingerprint density at radius 2 is 0.781 bits per heavy atom. The van der Waals surface area contributed by atoms with Gasteiger partial charge in [-0.25, -0.2) is 0 Å². The Kier molecular flexibility index (Phi) is 7.41. The molecule has 0 fully saturated rings. The quantitative estimate of drug-likeness (QED) is 0.242. The van der Waals surface area contributed by atoms with Gasteiger partial charge in [-0.2, -0.15) is 87.8 Å². The summed E-state index contributed by atoms with van der Waals surface area (Å²) in [5.41, 5.74) is 0. The molecule has 1 nitrogen and oxygen atoms in total. The number of allylic oxidation sites excluding steroid dienone is 1. The zero-order valence-electron chi connectivity index (χ0n) is 13.7. The standard InChI is InChI=1S/C11H2F20O/c12-2(5(16,17)7(20,21)9(24,25)11(29,30)31)3(13)32-1-4(14,15)6(18,19)8(22,23)10(26,27)28/h1H2. The van der Waals surface area contributed by atoms with Crippen LogP contribution in [0.4, 0.5) is 87.8 Å². The normalized spacial score (nSPS) is 16.8. The van der Waals surface area contributed by atoms with E-state index in [0.29, 0.717) is 0 Å². The van der Waals surface area contributed by atoms with Crippen LogP contribution in [-0.2, 0) is 4.74 Å². The molecular weight excluding hydrogens is 528 g/mol. The zero-order valence-corrected chi connectivity index (χ0v) is 13.7. The van der Waals surface area contributed by atoms with Gasteiger partial charge < -0.3 is 4.74 Å². The molecule has 0 aromatic heterocycles. The van der Waals surface area contributed by atoms with E-state index in [2.05, 4.69) is 4.74 Å². The molecule has 0 aromatic carbocycles. The van der Waals surface area contributed by atoms with Gasteiger partial charge in [0.05, 0.1) is 0 Å². The first kappa shape index (κ1) is 30.1. The Bertz CT molecular complexity index is 708. The number of ether oxygens (including phenoxy) is 1. The second kappa shape index (κ2) is 7.87. The van der Waals surface area contributed by atoms with Crippen molar-refractivity contribution >= 4 is 0 Å². The van der Waals surface area contributed by atoms with Crippen molar-refractivity contribution in [1.82, 2.24) is 0 Å². The van der Waals surface area contributed by atoms with E-state index >= 15 is 0 Å². The minimum atomic E-state index is -7.93. The van der Waals surface area contributed by atoms with Gasteiger partial charge in [0.25, 0.3) is 0 Å². The van der Waals surface area contributed by atoms with Gasteiger partial charge in [-0.1, -0.05) is 0 Å². The summed E-state index contributed by atoms with van der Waals surface area (Å²) in [5, 5.41) is 0. The van der Waals surface area contributed by atoms with Gasteiger partial charge in [0.15, 0.2) is 6.61 Å². The molecule has 0 saturated carbocycles. The fourth-order valence-electron chi connectivity index (χ4n) is 1.35. The molecule has 0 rings (SSSR count). The molecule has 0 atom stereocenters. The maximum absolute atomic E-state index is 13.0. The molecule has 0 aliphatic heterocycles. The lowest BCUT2D eigenvalue weighted by atomic mass is 10.0. The SMILES string of the molecule is FC(OCC(F)(F)C(F)(F)C(F)(F)C(F)(F)F)=C(F)C(F)(F)C(F)(F)C(F)(F)C(F)(F)F. The Morgan fingerprint density at radius 3 is 1.09 bits per heavy atom. The van der Waals surface area contributed by atoms with E-state index in [1.54, 1.807) is 0 Å². The van der Waals surface area contributed by atoms with Crippen LogP contribution in [0.1, 0.15) is 0 Å². The molecule has 0 heterocycles. The number of hydrogen-bond donors (Lipinski definition) is 0. The highest BCUT2D eigenvalue weighted by Gasteiger charge is 2.84. The predicted molar refractivity (Wildman–Crippen MR) is 57.0 cm³/mol. The van der Waals surface area contributed by atoms with Crippen LogP contribution in [0.15, 0.2) is 11.8 Å². The van der Waals surface area contributed by atoms with Crippen LogP contribution in [0.25, 0.3) is 0 Å². The summed E-state index contributed by atoms with van der Waals surface area (Å²) < 4.78 is 252. The van der Waals surface area contributed by atoms with Gasteiger partial charge in [-0.15, -0.1) is 0 Å². The molecule has 0 aromatic rings. The van der Waals surface area contributed by atoms with Crippen LogP contribution in [0.2, 0.25) is 0 Å². The van der Waals surface area contributed by atoms with Gasteiger partial charge in [0, 0.05) is 0 Å². The lowest BCUT2D eigenvalue weighted by molar-refractivity contribution is -0.399. The van der Waals surface area contributed by atoms with Crippen molar-refractivity contribution in [2.75, 3.05) is 6.61 Å². The van der Waals surface area contributed by atoms with Crippen molar-refractivity contribution in [3.8, 4) is 0 Å². The molecule has 0 aliphatic carbocycles. The molecule has 32 heavy (non-hydrogen) atoms. The minimum absolute atomic E-state index is 2.31. The highest BCUT2D eigenvalue weighted by atomic mass is 19.4. The molecular formula is C11H2F20O. The van der Waals surface area contributed by atoms with Crippen LogP contribution in [-0.4, -0.2) is 54.5 Å². The number of halogens is 20. The van der Waals surface area contributed by atoms with Crippen LogP contribution >= 0.6 is 0 Å². The summed E-state index contributed by atoms with van der Waals surface area (Å²) in [7, 11) is 0. The molecule has 0 saturated heterocycles. The largest absolute Gasteiger partial charge is 0.462 e. The third-order valence-corrected chi connectivity index (χ3v) is 3.18. The maximum Gasteiger partial charge on any atom is 0.460 e. The van der Waals surface area contributed by atoms with E-state index in [1.165, 1.54) is 0 Å². The van der Waals surface area contributed by atoms with Crippen LogP contribution in [0.5, 0.6) is 0 Å². The summed E-state index contributed by atoms with van der Waals surface area (Å²) in [4.78, 5) is 0. The lowest BCUT2D eigenvalue weighted by Crippen LogP contribution is -2.62. The second-order valence-electron chi connectivity index (χ2n) is 5.45. The Hall–Kier alpha value is -1.86. The van der Waals surface area contributed by atoms with Crippen molar-refractivity contribution in [2.24, 2.45) is 0 Å². The molecule has 0 spiro atoms. The molecule has 0 unspecified atom stereocenters. The lowest BCUT2D eigenvalue weighted by Gasteiger charge is -2.33. The van der Waals surface area contributed by atoms with Crippen molar-refractivity contribution in [1.29, 1.82) is 0 Å². The minimum Gasteiger partial charge on any atom is -0.462 e. The Balaban J connectivity index is 6.08. The van der Waals surface area contributed by atoms with Crippen molar-refractivity contribution < 1.29 is 92.5 Å². The predicted octanol–water partition coefficient (Wildman–Crippen LogP) is 7.05. The summed E-state index contributed by atoms with van der Waals surface area (Å²) in [6, 6.07) is -4.35. The molecule has 0 aliphatic rings. The molecule has 0 amide bonds. The summed E-state index contributed by atoms with van der Waals surface area (Å²) in [6.07, 6.45) is -15.0.